The number of hydrogen-bond acceptors (Lipinski definition) is 4. The van der Waals surface area contributed by atoms with Gasteiger partial charge in [-0.15, -0.1) is 0 Å². The fourth-order valence-corrected chi connectivity index (χ4v) is 2.62. The lowest BCUT2D eigenvalue weighted by Crippen LogP contribution is -2.40. The maximum Gasteiger partial charge on any atom is 0.306 e. The largest absolute Gasteiger partial charge is 0.458 e. The highest BCUT2D eigenvalue weighted by Gasteiger charge is 2.56. The molecule has 0 aromatic rings. The van der Waals surface area contributed by atoms with Gasteiger partial charge in [0.15, 0.2) is 0 Å². The Balaban J connectivity index is 2.30. The predicted molar refractivity (Wildman–Crippen MR) is 46.4 cm³/mol. The summed E-state index contributed by atoms with van der Waals surface area (Å²) in [6, 6.07) is 0. The Morgan fingerprint density at radius 2 is 1.79 bits per heavy atom. The van der Waals surface area contributed by atoms with Crippen molar-refractivity contribution in [3.8, 4) is 0 Å². The van der Waals surface area contributed by atoms with E-state index < -0.39 is 5.60 Å². The van der Waals surface area contributed by atoms with Crippen LogP contribution >= 0.6 is 0 Å². The standard InChI is InChI=1S/C10H12O4/c11-5-7-1-2-8(6-12)10(7)4-3-9(13)14-10/h5-8H,1-4H2/t7-,8+,10?. The van der Waals surface area contributed by atoms with Crippen LogP contribution in [-0.4, -0.2) is 24.1 Å². The molecule has 2 aliphatic rings. The molecule has 0 bridgehead atoms. The average molecular weight is 196 g/mol. The molecule has 1 unspecified atom stereocenters. The molecule has 1 spiro atoms. The molecular weight excluding hydrogens is 184 g/mol. The summed E-state index contributed by atoms with van der Waals surface area (Å²) in [6.07, 6.45) is 3.79. The Kier molecular flexibility index (Phi) is 2.13. The van der Waals surface area contributed by atoms with Gasteiger partial charge >= 0.3 is 5.97 Å². The van der Waals surface area contributed by atoms with Crippen LogP contribution in [0.5, 0.6) is 0 Å². The summed E-state index contributed by atoms with van der Waals surface area (Å²) in [6.45, 7) is 0. The van der Waals surface area contributed by atoms with Crippen LogP contribution in [0.4, 0.5) is 0 Å². The quantitative estimate of drug-likeness (QED) is 0.476. The Hall–Kier alpha value is -1.19. The molecule has 4 nitrogen and oxygen atoms in total. The highest BCUT2D eigenvalue weighted by atomic mass is 16.6. The number of rotatable bonds is 2. The van der Waals surface area contributed by atoms with E-state index in [9.17, 15) is 14.4 Å². The SMILES string of the molecule is O=C[C@@H]1CC[C@H](C=O)C12CCC(=O)O2. The van der Waals surface area contributed by atoms with E-state index in [1.54, 1.807) is 0 Å². The average Bonchev–Trinajstić information content (AvgIpc) is 2.72. The number of carbonyl (C=O) groups excluding carboxylic acids is 3. The molecule has 0 aromatic carbocycles. The van der Waals surface area contributed by atoms with Crippen molar-refractivity contribution in [2.75, 3.05) is 0 Å². The molecule has 76 valence electrons. The van der Waals surface area contributed by atoms with Crippen LogP contribution in [0.2, 0.25) is 0 Å². The van der Waals surface area contributed by atoms with E-state index in [4.69, 9.17) is 4.74 Å². The molecule has 0 N–H and O–H groups in total. The normalized spacial score (nSPS) is 41.3. The Morgan fingerprint density at radius 1 is 1.21 bits per heavy atom. The Morgan fingerprint density at radius 3 is 2.14 bits per heavy atom. The smallest absolute Gasteiger partial charge is 0.306 e. The molecule has 3 atom stereocenters. The van der Waals surface area contributed by atoms with Crippen molar-refractivity contribution in [2.24, 2.45) is 11.8 Å². The number of ether oxygens (including phenoxy) is 1. The number of aldehydes is 2. The van der Waals surface area contributed by atoms with Gasteiger partial charge in [-0.25, -0.2) is 0 Å². The lowest BCUT2D eigenvalue weighted by Gasteiger charge is -2.29. The maximum atomic E-state index is 11.1. The number of hydrogen-bond donors (Lipinski definition) is 0. The van der Waals surface area contributed by atoms with Gasteiger partial charge in [0.1, 0.15) is 18.2 Å². The van der Waals surface area contributed by atoms with Gasteiger partial charge in [0.05, 0.1) is 11.8 Å². The van der Waals surface area contributed by atoms with Crippen LogP contribution < -0.4 is 0 Å². The van der Waals surface area contributed by atoms with Gasteiger partial charge < -0.3 is 14.3 Å². The van der Waals surface area contributed by atoms with E-state index >= 15 is 0 Å². The van der Waals surface area contributed by atoms with E-state index in [1.807, 2.05) is 0 Å². The van der Waals surface area contributed by atoms with Crippen LogP contribution in [0.25, 0.3) is 0 Å². The van der Waals surface area contributed by atoms with Crippen molar-refractivity contribution in [1.29, 1.82) is 0 Å². The molecule has 0 radical (unpaired) electrons. The number of esters is 1. The lowest BCUT2D eigenvalue weighted by molar-refractivity contribution is -0.156. The zero-order valence-electron chi connectivity index (χ0n) is 7.77. The third-order valence-corrected chi connectivity index (χ3v) is 3.40. The number of carbonyl (C=O) groups is 3. The van der Waals surface area contributed by atoms with Gasteiger partial charge in [-0.05, 0) is 19.3 Å². The fraction of sp³-hybridized carbons (Fsp3) is 0.700. The lowest BCUT2D eigenvalue weighted by atomic mass is 9.83. The first-order valence-corrected chi connectivity index (χ1v) is 4.85. The highest BCUT2D eigenvalue weighted by molar-refractivity contribution is 5.76. The molecule has 1 saturated heterocycles. The Bertz CT molecular complexity index is 268. The molecule has 1 aliphatic heterocycles. The van der Waals surface area contributed by atoms with Crippen molar-refractivity contribution >= 4 is 18.5 Å². The molecule has 0 amide bonds. The fourth-order valence-electron chi connectivity index (χ4n) is 2.62. The van der Waals surface area contributed by atoms with Gasteiger partial charge in [0.2, 0.25) is 0 Å². The molecule has 1 heterocycles. The molecular formula is C10H12O4. The minimum Gasteiger partial charge on any atom is -0.458 e. The highest BCUT2D eigenvalue weighted by Crippen LogP contribution is 2.47. The molecule has 0 aromatic heterocycles. The minimum absolute atomic E-state index is 0.286. The van der Waals surface area contributed by atoms with Gasteiger partial charge in [-0.2, -0.15) is 0 Å². The first-order chi connectivity index (χ1) is 6.73. The van der Waals surface area contributed by atoms with E-state index in [0.29, 0.717) is 25.7 Å². The molecule has 14 heavy (non-hydrogen) atoms. The molecule has 2 rings (SSSR count). The summed E-state index contributed by atoms with van der Waals surface area (Å²) in [7, 11) is 0. The van der Waals surface area contributed by atoms with E-state index in [0.717, 1.165) is 12.6 Å². The monoisotopic (exact) mass is 196 g/mol. The maximum absolute atomic E-state index is 11.1. The van der Waals surface area contributed by atoms with Gasteiger partial charge in [-0.3, -0.25) is 4.79 Å². The zero-order valence-corrected chi connectivity index (χ0v) is 7.77. The predicted octanol–water partition coefficient (Wildman–Crippen LogP) is 0.486. The van der Waals surface area contributed by atoms with Gasteiger partial charge in [0.25, 0.3) is 0 Å². The zero-order chi connectivity index (χ0) is 10.2. The van der Waals surface area contributed by atoms with Crippen molar-refractivity contribution in [3.05, 3.63) is 0 Å². The summed E-state index contributed by atoms with van der Waals surface area (Å²) in [4.78, 5) is 32.7. The molecule has 1 aliphatic carbocycles. The van der Waals surface area contributed by atoms with Crippen LogP contribution in [0.3, 0.4) is 0 Å². The van der Waals surface area contributed by atoms with Crippen molar-refractivity contribution < 1.29 is 19.1 Å². The molecule has 1 saturated carbocycles. The van der Waals surface area contributed by atoms with E-state index in [2.05, 4.69) is 0 Å². The molecule has 2 fully saturated rings. The van der Waals surface area contributed by atoms with Crippen molar-refractivity contribution in [1.82, 2.24) is 0 Å². The summed E-state index contributed by atoms with van der Waals surface area (Å²) >= 11 is 0. The second kappa shape index (κ2) is 3.19. The van der Waals surface area contributed by atoms with E-state index in [1.165, 1.54) is 0 Å². The Labute approximate surface area is 81.6 Å². The van der Waals surface area contributed by atoms with E-state index in [-0.39, 0.29) is 17.8 Å². The second-order valence-corrected chi connectivity index (χ2v) is 3.99. The third-order valence-electron chi connectivity index (χ3n) is 3.40. The van der Waals surface area contributed by atoms with Crippen LogP contribution in [0.1, 0.15) is 25.7 Å². The van der Waals surface area contributed by atoms with Gasteiger partial charge in [-0.1, -0.05) is 0 Å². The summed E-state index contributed by atoms with van der Waals surface area (Å²) < 4.78 is 5.22. The third kappa shape index (κ3) is 1.10. The summed E-state index contributed by atoms with van der Waals surface area (Å²) in [5, 5.41) is 0. The van der Waals surface area contributed by atoms with Crippen LogP contribution in [0.15, 0.2) is 0 Å². The molecule has 4 heteroatoms. The van der Waals surface area contributed by atoms with Crippen molar-refractivity contribution in [3.63, 3.8) is 0 Å². The van der Waals surface area contributed by atoms with Crippen molar-refractivity contribution in [2.45, 2.75) is 31.3 Å². The topological polar surface area (TPSA) is 60.4 Å². The van der Waals surface area contributed by atoms with Crippen LogP contribution in [-0.2, 0) is 19.1 Å². The van der Waals surface area contributed by atoms with Gasteiger partial charge in [0, 0.05) is 6.42 Å². The summed E-state index contributed by atoms with van der Waals surface area (Å²) in [5.74, 6) is -0.862. The minimum atomic E-state index is -0.791. The van der Waals surface area contributed by atoms with Crippen LogP contribution in [0, 0.1) is 11.8 Å². The first kappa shape index (κ1) is 9.37. The summed E-state index contributed by atoms with van der Waals surface area (Å²) in [5.41, 5.74) is -0.791. The second-order valence-electron chi connectivity index (χ2n) is 3.99. The first-order valence-electron chi connectivity index (χ1n) is 4.85.